The minimum atomic E-state index is -0.276. The Kier molecular flexibility index (Phi) is 2.88. The molecule has 0 atom stereocenters. The van der Waals surface area contributed by atoms with Crippen LogP contribution < -0.4 is 0 Å². The normalized spacial score (nSPS) is 7.60. The molecule has 0 unspecified atom stereocenters. The summed E-state index contributed by atoms with van der Waals surface area (Å²) in [5.74, 6) is 0. The Balaban J connectivity index is 2.85. The van der Waals surface area contributed by atoms with Crippen LogP contribution in [0.5, 0.6) is 0 Å². The van der Waals surface area contributed by atoms with Gasteiger partial charge in [0.05, 0.1) is 0 Å². The third-order valence-electron chi connectivity index (χ3n) is 0.156. The maximum absolute atomic E-state index is 9.62. The van der Waals surface area contributed by atoms with Gasteiger partial charge in [0.25, 0.3) is 0 Å². The summed E-state index contributed by atoms with van der Waals surface area (Å²) in [5, 5.41) is 7.83. The van der Waals surface area contributed by atoms with Crippen molar-refractivity contribution < 1.29 is 9.90 Å². The molecule has 0 aromatic carbocycles. The van der Waals surface area contributed by atoms with Gasteiger partial charge >= 0.3 is 42.8 Å². The van der Waals surface area contributed by atoms with Crippen molar-refractivity contribution in [1.82, 2.24) is 0 Å². The Morgan fingerprint density at radius 2 is 2.20 bits per heavy atom. The van der Waals surface area contributed by atoms with Crippen LogP contribution in [0.2, 0.25) is 0 Å². The summed E-state index contributed by atoms with van der Waals surface area (Å²) in [5.41, 5.74) is 0. The molecule has 0 saturated carbocycles. The fraction of sp³-hybridized carbons (Fsp3) is 0.500. The molecule has 0 saturated heterocycles. The van der Waals surface area contributed by atoms with Crippen LogP contribution >= 0.6 is 0 Å². The standard InChI is InChI=1S/C2H3O2.Sn.H/c3-1-2-4;;/h3H,1H2;;. The fourth-order valence-electron chi connectivity index (χ4n) is 0. The molecule has 0 heterocycles. The molecular formula is C2H4O2Sn. The van der Waals surface area contributed by atoms with Gasteiger partial charge in [-0.15, -0.1) is 0 Å². The SMILES string of the molecule is O=[C]([SnH])CO. The number of carbonyl (C=O) groups is 1. The van der Waals surface area contributed by atoms with E-state index in [9.17, 15) is 4.79 Å². The minimum absolute atomic E-state index is 0.0598. The first-order valence-electron chi connectivity index (χ1n) is 1.16. The second-order valence-corrected chi connectivity index (χ2v) is 2.46. The molecule has 0 aromatic heterocycles. The molecule has 0 aliphatic carbocycles. The van der Waals surface area contributed by atoms with Crippen LogP contribution in [0.25, 0.3) is 0 Å². The monoisotopic (exact) mass is 180 g/mol. The van der Waals surface area contributed by atoms with E-state index in [1.54, 1.807) is 0 Å². The Labute approximate surface area is 43.3 Å². The van der Waals surface area contributed by atoms with E-state index in [0.29, 0.717) is 22.5 Å². The van der Waals surface area contributed by atoms with Crippen molar-refractivity contribution >= 4 is 26.3 Å². The van der Waals surface area contributed by atoms with Crippen molar-refractivity contribution in [2.45, 2.75) is 0 Å². The van der Waals surface area contributed by atoms with Gasteiger partial charge < -0.3 is 0 Å². The van der Waals surface area contributed by atoms with E-state index in [0.717, 1.165) is 0 Å². The van der Waals surface area contributed by atoms with Crippen molar-refractivity contribution in [3.8, 4) is 0 Å². The molecule has 2 nitrogen and oxygen atoms in total. The summed E-state index contributed by atoms with van der Waals surface area (Å²) in [6.07, 6.45) is 0. The molecule has 2 radical (unpaired) electrons. The van der Waals surface area contributed by atoms with E-state index < -0.39 is 0 Å². The van der Waals surface area contributed by atoms with E-state index in [1.807, 2.05) is 0 Å². The molecule has 0 rings (SSSR count). The molecule has 0 aromatic rings. The fourth-order valence-corrected chi connectivity index (χ4v) is 0. The van der Waals surface area contributed by atoms with Crippen molar-refractivity contribution in [2.75, 3.05) is 6.61 Å². The zero-order valence-corrected chi connectivity index (χ0v) is 5.94. The van der Waals surface area contributed by atoms with Gasteiger partial charge in [-0.1, -0.05) is 0 Å². The quantitative estimate of drug-likeness (QED) is 0.492. The van der Waals surface area contributed by atoms with Crippen LogP contribution in [-0.2, 0) is 4.79 Å². The van der Waals surface area contributed by atoms with E-state index in [-0.39, 0.29) is 10.4 Å². The van der Waals surface area contributed by atoms with Gasteiger partial charge in [0.2, 0.25) is 0 Å². The summed E-state index contributed by atoms with van der Waals surface area (Å²) in [4.78, 5) is 9.62. The average molecular weight is 179 g/mol. The van der Waals surface area contributed by atoms with E-state index in [2.05, 4.69) is 0 Å². The van der Waals surface area contributed by atoms with Crippen LogP contribution in [0, 0.1) is 0 Å². The number of hydrogen-bond acceptors (Lipinski definition) is 2. The van der Waals surface area contributed by atoms with Crippen LogP contribution in [-0.4, -0.2) is 38.0 Å². The number of hydrogen-bond donors (Lipinski definition) is 1. The molecule has 0 amide bonds. The first kappa shape index (κ1) is 5.43. The van der Waals surface area contributed by atoms with Gasteiger partial charge in [-0.3, -0.25) is 0 Å². The zero-order chi connectivity index (χ0) is 4.28. The summed E-state index contributed by atoms with van der Waals surface area (Å²) in [6, 6.07) is 0. The molecule has 5 heavy (non-hydrogen) atoms. The Morgan fingerprint density at radius 3 is 2.20 bits per heavy atom. The van der Waals surface area contributed by atoms with E-state index >= 15 is 0 Å². The van der Waals surface area contributed by atoms with Crippen molar-refractivity contribution in [2.24, 2.45) is 0 Å². The molecule has 0 fully saturated rings. The van der Waals surface area contributed by atoms with Gasteiger partial charge in [-0.05, 0) is 0 Å². The average Bonchev–Trinajstić information content (AvgIpc) is 1.38. The van der Waals surface area contributed by atoms with Gasteiger partial charge in [0.15, 0.2) is 0 Å². The predicted molar refractivity (Wildman–Crippen MR) is 19.2 cm³/mol. The Morgan fingerprint density at radius 1 is 2.00 bits per heavy atom. The summed E-state index contributed by atoms with van der Waals surface area (Å²) >= 11 is 0.535. The van der Waals surface area contributed by atoms with Gasteiger partial charge in [-0.25, -0.2) is 0 Å². The third kappa shape index (κ3) is 4.43. The van der Waals surface area contributed by atoms with Crippen LogP contribution in [0.1, 0.15) is 0 Å². The molecule has 0 aliphatic heterocycles. The molecule has 0 spiro atoms. The summed E-state index contributed by atoms with van der Waals surface area (Å²) in [6.45, 7) is -0.276. The Bertz CT molecular complexity index is 42.9. The van der Waals surface area contributed by atoms with Gasteiger partial charge in [0.1, 0.15) is 0 Å². The first-order chi connectivity index (χ1) is 2.27. The maximum atomic E-state index is 9.62. The molecule has 0 bridgehead atoms. The van der Waals surface area contributed by atoms with Crippen LogP contribution in [0.3, 0.4) is 0 Å². The van der Waals surface area contributed by atoms with Gasteiger partial charge in [-0.2, -0.15) is 0 Å². The number of rotatable bonds is 1. The van der Waals surface area contributed by atoms with Crippen molar-refractivity contribution in [3.63, 3.8) is 0 Å². The zero-order valence-electron chi connectivity index (χ0n) is 2.64. The van der Waals surface area contributed by atoms with E-state index in [4.69, 9.17) is 5.11 Å². The summed E-state index contributed by atoms with van der Waals surface area (Å²) in [7, 11) is 0. The summed E-state index contributed by atoms with van der Waals surface area (Å²) < 4.78 is -0.0598. The number of carbonyl (C=O) groups excluding carboxylic acids is 1. The molecular weight excluding hydrogens is 175 g/mol. The Hall–Kier alpha value is 0.429. The van der Waals surface area contributed by atoms with Crippen LogP contribution in [0.4, 0.5) is 0 Å². The number of aliphatic hydroxyl groups excluding tert-OH is 1. The number of aliphatic hydroxyl groups is 1. The molecule has 1 N–H and O–H groups in total. The second-order valence-electron chi connectivity index (χ2n) is 0.624. The molecule has 3 heteroatoms. The second kappa shape index (κ2) is 2.65. The van der Waals surface area contributed by atoms with Gasteiger partial charge in [0, 0.05) is 0 Å². The van der Waals surface area contributed by atoms with Crippen LogP contribution in [0.15, 0.2) is 0 Å². The molecule has 28 valence electrons. The van der Waals surface area contributed by atoms with Crippen molar-refractivity contribution in [3.05, 3.63) is 0 Å². The predicted octanol–water partition coefficient (Wildman–Crippen LogP) is -1.59. The topological polar surface area (TPSA) is 37.3 Å². The van der Waals surface area contributed by atoms with E-state index in [1.165, 1.54) is 0 Å². The first-order valence-corrected chi connectivity index (χ1v) is 2.81. The molecule has 0 aliphatic rings. The third-order valence-corrected chi connectivity index (χ3v) is 0.677. The van der Waals surface area contributed by atoms with Crippen molar-refractivity contribution in [1.29, 1.82) is 0 Å².